The molecule has 0 aliphatic heterocycles. The number of fused-ring (bicyclic) bond motifs is 3. The van der Waals surface area contributed by atoms with Crippen molar-refractivity contribution < 1.29 is 38.2 Å². The molecule has 0 spiro atoms. The number of benzene rings is 3. The van der Waals surface area contributed by atoms with Gasteiger partial charge >= 0.3 is 12.1 Å². The third-order valence-electron chi connectivity index (χ3n) is 10.9. The van der Waals surface area contributed by atoms with Crippen LogP contribution < -0.4 is 26.0 Å². The Hall–Kier alpha value is -5.39. The van der Waals surface area contributed by atoms with Crippen molar-refractivity contribution in [3.8, 4) is 16.9 Å². The van der Waals surface area contributed by atoms with Crippen molar-refractivity contribution in [1.29, 1.82) is 0 Å². The van der Waals surface area contributed by atoms with E-state index in [-0.39, 0.29) is 42.3 Å². The van der Waals surface area contributed by atoms with Crippen LogP contribution in [-0.4, -0.2) is 72.8 Å². The van der Waals surface area contributed by atoms with Gasteiger partial charge in [0.05, 0.1) is 12.5 Å². The van der Waals surface area contributed by atoms with Gasteiger partial charge in [-0.2, -0.15) is 0 Å². The highest BCUT2D eigenvalue weighted by molar-refractivity contribution is 5.95. The Labute approximate surface area is 328 Å². The minimum atomic E-state index is -0.975. The number of carbonyl (C=O) groups excluding carboxylic acids is 5. The van der Waals surface area contributed by atoms with Crippen LogP contribution >= 0.6 is 0 Å². The van der Waals surface area contributed by atoms with E-state index >= 15 is 0 Å². The monoisotopic (exact) mass is 766 g/mol. The van der Waals surface area contributed by atoms with Gasteiger partial charge in [-0.3, -0.25) is 14.4 Å². The van der Waals surface area contributed by atoms with E-state index in [2.05, 4.69) is 33.4 Å². The fraction of sp³-hybridized carbons (Fsp3) is 0.477. The van der Waals surface area contributed by atoms with E-state index in [0.29, 0.717) is 31.4 Å². The van der Waals surface area contributed by atoms with Gasteiger partial charge in [0.15, 0.2) is 0 Å². The molecule has 4 aliphatic rings. The second kappa shape index (κ2) is 16.0. The number of ether oxygens (including phenoxy) is 3. The molecule has 3 atom stereocenters. The molecule has 0 heterocycles. The molecule has 3 saturated carbocycles. The first kappa shape index (κ1) is 40.3. The van der Waals surface area contributed by atoms with Gasteiger partial charge in [0.1, 0.15) is 36.1 Å². The van der Waals surface area contributed by atoms with Crippen LogP contribution in [0.3, 0.4) is 0 Å². The van der Waals surface area contributed by atoms with Crippen molar-refractivity contribution in [3.63, 3.8) is 0 Å². The average molecular weight is 767 g/mol. The molecule has 0 unspecified atom stereocenters. The second-order valence-electron chi connectivity index (χ2n) is 17.1. The van der Waals surface area contributed by atoms with Crippen molar-refractivity contribution in [3.05, 3.63) is 89.5 Å². The van der Waals surface area contributed by atoms with E-state index in [1.807, 2.05) is 95.3 Å². The van der Waals surface area contributed by atoms with Gasteiger partial charge in [-0.1, -0.05) is 74.5 Å². The first-order valence-corrected chi connectivity index (χ1v) is 19.4. The molecular formula is C44H54N4O8. The average Bonchev–Trinajstić information content (AvgIpc) is 3.43. The Bertz CT molecular complexity index is 1900. The van der Waals surface area contributed by atoms with Gasteiger partial charge in [-0.05, 0) is 99.2 Å². The van der Waals surface area contributed by atoms with Crippen LogP contribution in [0.25, 0.3) is 11.1 Å². The van der Waals surface area contributed by atoms with Crippen LogP contribution in [0.5, 0.6) is 5.75 Å². The molecule has 2 bridgehead atoms. The van der Waals surface area contributed by atoms with Crippen LogP contribution in [-0.2, 0) is 35.1 Å². The SMILES string of the molecule is COC(=O)[C@H](CC(C)C)NC(=O)[C@H](Cc1ccc(OC(C)(C)C)cc1)NC(=O)C12CC(NC(=O)[C@H](C)NC(=O)OCC3c4ccccc4-c4ccccc43)(C1)C2. The standard InChI is InChI=1S/C44H54N4O8/c1-26(2)20-36(39(51)54-7)46-38(50)35(21-28-16-18-29(19-17-28)56-42(4,5)6)47-40(52)43-23-44(24-43,25-43)48-37(49)27(3)45-41(53)55-22-34-32-14-10-8-12-30(32)31-13-9-11-15-33(31)34/h8-19,26-27,34-36H,20-25H2,1-7H3,(H,45,53)(H,46,50)(H,47,52)(H,48,49)/t27-,35-,36-,43?,44?/m0/s1. The summed E-state index contributed by atoms with van der Waals surface area (Å²) < 4.78 is 16.5. The van der Waals surface area contributed by atoms with Gasteiger partial charge in [-0.25, -0.2) is 9.59 Å². The summed E-state index contributed by atoms with van der Waals surface area (Å²) in [5.41, 5.74) is 3.55. The molecular weight excluding hydrogens is 713 g/mol. The molecule has 0 aromatic heterocycles. The fourth-order valence-corrected chi connectivity index (χ4v) is 8.32. The molecule has 12 nitrogen and oxygen atoms in total. The Kier molecular flexibility index (Phi) is 11.5. The number of methoxy groups -OCH3 is 1. The Morgan fingerprint density at radius 2 is 1.36 bits per heavy atom. The fourth-order valence-electron chi connectivity index (χ4n) is 8.32. The van der Waals surface area contributed by atoms with Gasteiger partial charge in [0.25, 0.3) is 0 Å². The van der Waals surface area contributed by atoms with Gasteiger partial charge in [0.2, 0.25) is 17.7 Å². The summed E-state index contributed by atoms with van der Waals surface area (Å²) in [6, 6.07) is 20.8. The summed E-state index contributed by atoms with van der Waals surface area (Å²) in [6.07, 6.45) is 1.08. The minimum Gasteiger partial charge on any atom is -0.488 e. The number of carbonyl (C=O) groups is 5. The van der Waals surface area contributed by atoms with Gasteiger partial charge in [0, 0.05) is 17.9 Å². The van der Waals surface area contributed by atoms with E-state index < -0.39 is 47.0 Å². The van der Waals surface area contributed by atoms with E-state index in [4.69, 9.17) is 14.2 Å². The Morgan fingerprint density at radius 3 is 1.91 bits per heavy atom. The largest absolute Gasteiger partial charge is 0.488 e. The summed E-state index contributed by atoms with van der Waals surface area (Å²) >= 11 is 0. The van der Waals surface area contributed by atoms with Crippen LogP contribution in [0.2, 0.25) is 0 Å². The molecule has 4 amide bonds. The highest BCUT2D eigenvalue weighted by Crippen LogP contribution is 2.67. The molecule has 298 valence electrons. The highest BCUT2D eigenvalue weighted by atomic mass is 16.5. The van der Waals surface area contributed by atoms with E-state index in [0.717, 1.165) is 27.8 Å². The van der Waals surface area contributed by atoms with Crippen LogP contribution in [0.4, 0.5) is 4.79 Å². The smallest absolute Gasteiger partial charge is 0.407 e. The molecule has 3 aromatic carbocycles. The molecule has 4 aliphatic carbocycles. The normalized spacial score (nSPS) is 20.8. The quantitative estimate of drug-likeness (QED) is 0.146. The first-order valence-electron chi connectivity index (χ1n) is 19.4. The topological polar surface area (TPSA) is 161 Å². The lowest BCUT2D eigenvalue weighted by atomic mass is 9.39. The van der Waals surface area contributed by atoms with E-state index in [1.165, 1.54) is 7.11 Å². The number of amides is 4. The lowest BCUT2D eigenvalue weighted by Gasteiger charge is -2.69. The zero-order valence-corrected chi connectivity index (χ0v) is 33.3. The summed E-state index contributed by atoms with van der Waals surface area (Å²) in [4.78, 5) is 66.2. The van der Waals surface area contributed by atoms with Crippen LogP contribution in [0.15, 0.2) is 72.8 Å². The van der Waals surface area contributed by atoms with Crippen molar-refractivity contribution in [2.75, 3.05) is 13.7 Å². The minimum absolute atomic E-state index is 0.103. The molecule has 56 heavy (non-hydrogen) atoms. The van der Waals surface area contributed by atoms with Crippen molar-refractivity contribution >= 4 is 29.8 Å². The second-order valence-corrected chi connectivity index (χ2v) is 17.1. The maximum atomic E-state index is 13.8. The van der Waals surface area contributed by atoms with Crippen molar-refractivity contribution in [2.45, 2.75) is 109 Å². The molecule has 3 fully saturated rings. The highest BCUT2D eigenvalue weighted by Gasteiger charge is 2.72. The third-order valence-corrected chi connectivity index (χ3v) is 10.9. The predicted molar refractivity (Wildman–Crippen MR) is 211 cm³/mol. The Morgan fingerprint density at radius 1 is 0.768 bits per heavy atom. The number of hydrogen-bond donors (Lipinski definition) is 4. The maximum absolute atomic E-state index is 13.8. The van der Waals surface area contributed by atoms with E-state index in [1.54, 1.807) is 6.92 Å². The summed E-state index contributed by atoms with van der Waals surface area (Å²) in [5.74, 6) is -1.03. The van der Waals surface area contributed by atoms with Gasteiger partial charge in [-0.15, -0.1) is 0 Å². The number of alkyl carbamates (subject to hydrolysis) is 1. The zero-order chi connectivity index (χ0) is 40.4. The molecule has 4 N–H and O–H groups in total. The van der Waals surface area contributed by atoms with Gasteiger partial charge < -0.3 is 35.5 Å². The predicted octanol–water partition coefficient (Wildman–Crippen LogP) is 5.56. The molecule has 0 radical (unpaired) electrons. The molecule has 12 heteroatoms. The van der Waals surface area contributed by atoms with Crippen molar-refractivity contribution in [1.82, 2.24) is 21.3 Å². The molecule has 3 aromatic rings. The summed E-state index contributed by atoms with van der Waals surface area (Å²) in [5, 5.41) is 11.5. The third kappa shape index (κ3) is 8.85. The van der Waals surface area contributed by atoms with E-state index in [9.17, 15) is 24.0 Å². The number of nitrogens with one attached hydrogen (secondary N) is 4. The lowest BCUT2D eigenvalue weighted by molar-refractivity contribution is -0.184. The maximum Gasteiger partial charge on any atom is 0.407 e. The van der Waals surface area contributed by atoms with Crippen molar-refractivity contribution in [2.24, 2.45) is 11.3 Å². The number of rotatable bonds is 15. The molecule has 7 rings (SSSR count). The summed E-state index contributed by atoms with van der Waals surface area (Å²) in [7, 11) is 1.28. The first-order chi connectivity index (χ1) is 26.5. The summed E-state index contributed by atoms with van der Waals surface area (Å²) in [6.45, 7) is 11.5. The van der Waals surface area contributed by atoms with Crippen LogP contribution in [0, 0.1) is 11.3 Å². The van der Waals surface area contributed by atoms with Crippen LogP contribution in [0.1, 0.15) is 89.8 Å². The number of hydrogen-bond acceptors (Lipinski definition) is 8. The number of esters is 1. The molecule has 0 saturated heterocycles. The Balaban J connectivity index is 1.03. The lowest BCUT2D eigenvalue weighted by Crippen LogP contribution is -2.79. The zero-order valence-electron chi connectivity index (χ0n) is 33.3.